The van der Waals surface area contributed by atoms with Crippen LogP contribution in [0.4, 0.5) is 0 Å². The van der Waals surface area contributed by atoms with Gasteiger partial charge >= 0.3 is 0 Å². The van der Waals surface area contributed by atoms with E-state index in [0.717, 1.165) is 23.1 Å². The Hall–Kier alpha value is -1.61. The molecule has 0 spiro atoms. The number of benzene rings is 1. The molecule has 1 aromatic carbocycles. The van der Waals surface area contributed by atoms with Crippen molar-refractivity contribution < 1.29 is 4.74 Å². The molecule has 2 rings (SSSR count). The van der Waals surface area contributed by atoms with Crippen LogP contribution in [0.2, 0.25) is 0 Å². The van der Waals surface area contributed by atoms with Crippen molar-refractivity contribution in [1.82, 2.24) is 4.98 Å². The van der Waals surface area contributed by atoms with E-state index in [9.17, 15) is 0 Å². The molecule has 1 heterocycles. The number of ether oxygens (including phenoxy) is 1. The summed E-state index contributed by atoms with van der Waals surface area (Å²) in [6.45, 7) is 5.64. The fraction of sp³-hybridized carbons (Fsp3) is 0.400. The first-order valence-electron chi connectivity index (χ1n) is 6.28. The third-order valence-electron chi connectivity index (χ3n) is 3.17. The molecule has 0 aliphatic carbocycles. The van der Waals surface area contributed by atoms with Crippen molar-refractivity contribution >= 4 is 10.9 Å². The van der Waals surface area contributed by atoms with E-state index in [1.165, 1.54) is 0 Å². The zero-order valence-corrected chi connectivity index (χ0v) is 11.0. The van der Waals surface area contributed by atoms with E-state index in [-0.39, 0.29) is 5.41 Å². The molecule has 3 heteroatoms. The van der Waals surface area contributed by atoms with E-state index < -0.39 is 0 Å². The van der Waals surface area contributed by atoms with Gasteiger partial charge in [-0.15, -0.1) is 0 Å². The highest BCUT2D eigenvalue weighted by atomic mass is 16.5. The number of nitrogens with zero attached hydrogens (tertiary/aromatic N) is 1. The topological polar surface area (TPSA) is 48.1 Å². The average Bonchev–Trinajstić information content (AvgIpc) is 2.38. The maximum atomic E-state index is 5.73. The molecule has 2 aromatic rings. The van der Waals surface area contributed by atoms with Gasteiger partial charge in [0.25, 0.3) is 0 Å². The zero-order valence-electron chi connectivity index (χ0n) is 11.0. The number of aromatic nitrogens is 1. The molecule has 2 N–H and O–H groups in total. The van der Waals surface area contributed by atoms with Crippen molar-refractivity contribution in [3.63, 3.8) is 0 Å². The first-order chi connectivity index (χ1) is 8.61. The van der Waals surface area contributed by atoms with Crippen LogP contribution in [0.25, 0.3) is 10.9 Å². The normalized spacial score (nSPS) is 11.7. The maximum Gasteiger partial charge on any atom is 0.138 e. The third-order valence-corrected chi connectivity index (χ3v) is 3.17. The molecule has 0 radical (unpaired) electrons. The van der Waals surface area contributed by atoms with Gasteiger partial charge in [0.2, 0.25) is 0 Å². The Morgan fingerprint density at radius 2 is 2.06 bits per heavy atom. The van der Waals surface area contributed by atoms with E-state index in [2.05, 4.69) is 18.8 Å². The van der Waals surface area contributed by atoms with Crippen molar-refractivity contribution in [2.45, 2.75) is 20.3 Å². The summed E-state index contributed by atoms with van der Waals surface area (Å²) < 4.78 is 5.73. The number of rotatable bonds is 5. The molecule has 0 saturated heterocycles. The minimum atomic E-state index is 0.129. The smallest absolute Gasteiger partial charge is 0.138 e. The van der Waals surface area contributed by atoms with Gasteiger partial charge in [0.15, 0.2) is 0 Å². The molecule has 1 aromatic heterocycles. The van der Waals surface area contributed by atoms with Crippen LogP contribution in [0.3, 0.4) is 0 Å². The van der Waals surface area contributed by atoms with E-state index in [0.29, 0.717) is 13.2 Å². The van der Waals surface area contributed by atoms with Gasteiger partial charge < -0.3 is 10.5 Å². The lowest BCUT2D eigenvalue weighted by Gasteiger charge is -2.21. The van der Waals surface area contributed by atoms with Gasteiger partial charge in [0.1, 0.15) is 5.75 Å². The fourth-order valence-corrected chi connectivity index (χ4v) is 1.68. The van der Waals surface area contributed by atoms with Crippen LogP contribution in [0.1, 0.15) is 20.3 Å². The van der Waals surface area contributed by atoms with E-state index in [1.807, 2.05) is 30.3 Å². The Morgan fingerprint density at radius 3 is 2.83 bits per heavy atom. The molecule has 0 aliphatic heterocycles. The van der Waals surface area contributed by atoms with Gasteiger partial charge in [-0.25, -0.2) is 0 Å². The summed E-state index contributed by atoms with van der Waals surface area (Å²) in [7, 11) is 0. The molecule has 0 fully saturated rings. The Kier molecular flexibility index (Phi) is 3.82. The standard InChI is InChI=1S/C15H20N2O/c1-15(2,11-16)7-8-18-13-9-12-5-3-4-6-14(12)17-10-13/h3-6,9-10H,7-8,11,16H2,1-2H3. The van der Waals surface area contributed by atoms with Crippen molar-refractivity contribution in [1.29, 1.82) is 0 Å². The van der Waals surface area contributed by atoms with Crippen molar-refractivity contribution in [3.8, 4) is 5.75 Å². The lowest BCUT2D eigenvalue weighted by atomic mass is 9.90. The Balaban J connectivity index is 2.00. The summed E-state index contributed by atoms with van der Waals surface area (Å²) in [6, 6.07) is 10.1. The minimum absolute atomic E-state index is 0.129. The van der Waals surface area contributed by atoms with Gasteiger partial charge in [-0.3, -0.25) is 4.98 Å². The second-order valence-corrected chi connectivity index (χ2v) is 5.33. The van der Waals surface area contributed by atoms with Crippen LogP contribution in [0.5, 0.6) is 5.75 Å². The summed E-state index contributed by atoms with van der Waals surface area (Å²) in [6.07, 6.45) is 2.72. The Bertz CT molecular complexity index is 523. The van der Waals surface area contributed by atoms with Crippen molar-refractivity contribution in [2.24, 2.45) is 11.1 Å². The molecule has 96 valence electrons. The lowest BCUT2D eigenvalue weighted by Crippen LogP contribution is -2.25. The molecule has 0 saturated carbocycles. The summed E-state index contributed by atoms with van der Waals surface area (Å²) in [4.78, 5) is 4.37. The van der Waals surface area contributed by atoms with Crippen LogP contribution in [-0.2, 0) is 0 Å². The first kappa shape index (κ1) is 12.8. The lowest BCUT2D eigenvalue weighted by molar-refractivity contribution is 0.233. The predicted octanol–water partition coefficient (Wildman–Crippen LogP) is 2.99. The Labute approximate surface area is 108 Å². The number of hydrogen-bond donors (Lipinski definition) is 1. The molecule has 0 atom stereocenters. The third kappa shape index (κ3) is 3.20. The predicted molar refractivity (Wildman–Crippen MR) is 74.7 cm³/mol. The highest BCUT2D eigenvalue weighted by Gasteiger charge is 2.15. The second-order valence-electron chi connectivity index (χ2n) is 5.33. The number of hydrogen-bond acceptors (Lipinski definition) is 3. The highest BCUT2D eigenvalue weighted by molar-refractivity contribution is 5.79. The molecule has 0 bridgehead atoms. The summed E-state index contributed by atoms with van der Waals surface area (Å²) in [5.41, 5.74) is 6.81. The van der Waals surface area contributed by atoms with E-state index in [1.54, 1.807) is 6.20 Å². The summed E-state index contributed by atoms with van der Waals surface area (Å²) in [5.74, 6) is 0.821. The monoisotopic (exact) mass is 244 g/mol. The highest BCUT2D eigenvalue weighted by Crippen LogP contribution is 2.21. The van der Waals surface area contributed by atoms with Gasteiger partial charge in [0.05, 0.1) is 18.3 Å². The molecule has 0 unspecified atom stereocenters. The first-order valence-corrected chi connectivity index (χ1v) is 6.28. The van der Waals surface area contributed by atoms with Crippen LogP contribution in [0.15, 0.2) is 36.5 Å². The number of fused-ring (bicyclic) bond motifs is 1. The number of nitrogens with two attached hydrogens (primary N) is 1. The van der Waals surface area contributed by atoms with Crippen LogP contribution in [0, 0.1) is 5.41 Å². The van der Waals surface area contributed by atoms with Crippen LogP contribution < -0.4 is 10.5 Å². The van der Waals surface area contributed by atoms with Gasteiger partial charge in [-0.2, -0.15) is 0 Å². The Morgan fingerprint density at radius 1 is 1.28 bits per heavy atom. The summed E-state index contributed by atoms with van der Waals surface area (Å²) in [5, 5.41) is 1.10. The minimum Gasteiger partial charge on any atom is -0.492 e. The molecular weight excluding hydrogens is 224 g/mol. The quantitative estimate of drug-likeness (QED) is 0.879. The van der Waals surface area contributed by atoms with Gasteiger partial charge in [0, 0.05) is 5.39 Å². The molecule has 18 heavy (non-hydrogen) atoms. The van der Waals surface area contributed by atoms with Crippen molar-refractivity contribution in [2.75, 3.05) is 13.2 Å². The van der Waals surface area contributed by atoms with Crippen LogP contribution >= 0.6 is 0 Å². The van der Waals surface area contributed by atoms with Gasteiger partial charge in [-0.05, 0) is 30.5 Å². The zero-order chi connectivity index (χ0) is 13.0. The summed E-state index contributed by atoms with van der Waals surface area (Å²) >= 11 is 0. The largest absolute Gasteiger partial charge is 0.492 e. The molecule has 0 amide bonds. The average molecular weight is 244 g/mol. The maximum absolute atomic E-state index is 5.73. The van der Waals surface area contributed by atoms with Gasteiger partial charge in [-0.1, -0.05) is 32.0 Å². The molecule has 3 nitrogen and oxygen atoms in total. The van der Waals surface area contributed by atoms with Crippen LogP contribution in [-0.4, -0.2) is 18.1 Å². The molecule has 0 aliphatic rings. The molecular formula is C15H20N2O. The van der Waals surface area contributed by atoms with E-state index >= 15 is 0 Å². The fourth-order valence-electron chi connectivity index (χ4n) is 1.68. The number of pyridine rings is 1. The second kappa shape index (κ2) is 5.36. The number of para-hydroxylation sites is 1. The van der Waals surface area contributed by atoms with E-state index in [4.69, 9.17) is 10.5 Å². The van der Waals surface area contributed by atoms with Crippen molar-refractivity contribution in [3.05, 3.63) is 36.5 Å². The SMILES string of the molecule is CC(C)(CN)CCOc1cnc2ccccc2c1.